The summed E-state index contributed by atoms with van der Waals surface area (Å²) in [7, 11) is 0. The van der Waals surface area contributed by atoms with Crippen LogP contribution in [-0.2, 0) is 17.6 Å². The first-order valence-corrected chi connectivity index (χ1v) is 11.7. The molecule has 3 aromatic carbocycles. The highest BCUT2D eigenvalue weighted by molar-refractivity contribution is 9.10. The zero-order chi connectivity index (χ0) is 22.8. The van der Waals surface area contributed by atoms with Gasteiger partial charge in [0.2, 0.25) is 5.91 Å². The number of nitrogens with one attached hydrogen (secondary N) is 1. The van der Waals surface area contributed by atoms with Crippen LogP contribution in [0.3, 0.4) is 0 Å². The molecular weight excluding hydrogens is 480 g/mol. The highest BCUT2D eigenvalue weighted by Crippen LogP contribution is 2.29. The van der Waals surface area contributed by atoms with E-state index in [-0.39, 0.29) is 5.91 Å². The molecule has 0 spiro atoms. The van der Waals surface area contributed by atoms with Crippen LogP contribution in [0, 0.1) is 6.92 Å². The number of carbonyl (C=O) groups excluding carboxylic acids is 1. The van der Waals surface area contributed by atoms with Crippen LogP contribution < -0.4 is 5.32 Å². The summed E-state index contributed by atoms with van der Waals surface area (Å²) in [5, 5.41) is 13.6. The predicted molar refractivity (Wildman–Crippen MR) is 133 cm³/mol. The van der Waals surface area contributed by atoms with Crippen LogP contribution in [-0.4, -0.2) is 27.4 Å². The van der Waals surface area contributed by atoms with Crippen LogP contribution in [0.25, 0.3) is 27.6 Å². The quantitative estimate of drug-likeness (QED) is 0.297. The first kappa shape index (κ1) is 21.4. The van der Waals surface area contributed by atoms with E-state index in [0.717, 1.165) is 61.8 Å². The topological polar surface area (TPSA) is 73.0 Å². The summed E-state index contributed by atoms with van der Waals surface area (Å²) in [6.45, 7) is 2.64. The number of furan rings is 1. The monoisotopic (exact) mass is 502 g/mol. The van der Waals surface area contributed by atoms with Crippen molar-refractivity contribution < 1.29 is 9.21 Å². The fourth-order valence-electron chi connectivity index (χ4n) is 4.04. The number of fused-ring (bicyclic) bond motifs is 3. The van der Waals surface area contributed by atoms with Crippen molar-refractivity contribution in [3.8, 4) is 5.69 Å². The summed E-state index contributed by atoms with van der Waals surface area (Å²) in [6.07, 6.45) is 3.84. The molecule has 1 amide bonds. The van der Waals surface area contributed by atoms with Crippen molar-refractivity contribution in [3.05, 3.63) is 88.2 Å². The van der Waals surface area contributed by atoms with Crippen LogP contribution >= 0.6 is 15.9 Å². The van der Waals surface area contributed by atoms with Crippen molar-refractivity contribution in [2.24, 2.45) is 0 Å². The number of benzene rings is 3. The molecule has 0 aliphatic heterocycles. The van der Waals surface area contributed by atoms with E-state index in [2.05, 4.69) is 37.6 Å². The molecule has 0 bridgehead atoms. The Hall–Kier alpha value is -3.45. The molecule has 7 heteroatoms. The number of carbonyl (C=O) groups is 1. The first-order valence-electron chi connectivity index (χ1n) is 10.9. The molecule has 1 N–H and O–H groups in total. The average molecular weight is 503 g/mol. The molecule has 0 unspecified atom stereocenters. The maximum Gasteiger partial charge on any atom is 0.224 e. The summed E-state index contributed by atoms with van der Waals surface area (Å²) < 4.78 is 8.70. The number of rotatable bonds is 7. The van der Waals surface area contributed by atoms with Gasteiger partial charge in [0.25, 0.3) is 0 Å². The number of hydrogen-bond acceptors (Lipinski definition) is 4. The molecule has 5 rings (SSSR count). The van der Waals surface area contributed by atoms with E-state index in [1.807, 2.05) is 67.7 Å². The highest BCUT2D eigenvalue weighted by Gasteiger charge is 2.10. The summed E-state index contributed by atoms with van der Waals surface area (Å²) >= 11 is 3.48. The lowest BCUT2D eigenvalue weighted by Crippen LogP contribution is -2.26. The summed E-state index contributed by atoms with van der Waals surface area (Å²) in [5.74, 6) is 0.0105. The van der Waals surface area contributed by atoms with E-state index in [0.29, 0.717) is 13.0 Å². The number of nitrogens with zero attached hydrogens (tertiary/aromatic N) is 3. The lowest BCUT2D eigenvalue weighted by atomic mass is 10.1. The molecule has 0 aliphatic rings. The lowest BCUT2D eigenvalue weighted by molar-refractivity contribution is -0.120. The summed E-state index contributed by atoms with van der Waals surface area (Å²) in [6, 6.07) is 20.0. The van der Waals surface area contributed by atoms with Gasteiger partial charge in [-0.25, -0.2) is 4.68 Å². The van der Waals surface area contributed by atoms with Gasteiger partial charge in [-0.2, -0.15) is 0 Å². The van der Waals surface area contributed by atoms with Crippen molar-refractivity contribution in [3.63, 3.8) is 0 Å². The first-order chi connectivity index (χ1) is 16.1. The normalized spacial score (nSPS) is 11.3. The van der Waals surface area contributed by atoms with Gasteiger partial charge in [0, 0.05) is 21.8 Å². The molecule has 0 saturated heterocycles. The molecule has 6 nitrogen and oxygen atoms in total. The van der Waals surface area contributed by atoms with E-state index in [9.17, 15) is 4.79 Å². The van der Waals surface area contributed by atoms with Gasteiger partial charge in [-0.1, -0.05) is 45.4 Å². The van der Waals surface area contributed by atoms with Crippen molar-refractivity contribution in [2.45, 2.75) is 26.2 Å². The number of para-hydroxylation sites is 1. The van der Waals surface area contributed by atoms with Crippen LogP contribution in [0.15, 0.2) is 75.8 Å². The lowest BCUT2D eigenvalue weighted by Gasteiger charge is -2.05. The molecule has 5 aromatic rings. The summed E-state index contributed by atoms with van der Waals surface area (Å²) in [4.78, 5) is 12.4. The molecular formula is C26H23BrN4O2. The Morgan fingerprint density at radius 3 is 2.79 bits per heavy atom. The number of halogens is 1. The second kappa shape index (κ2) is 9.19. The van der Waals surface area contributed by atoms with Gasteiger partial charge in [0.05, 0.1) is 24.0 Å². The fourth-order valence-corrected chi connectivity index (χ4v) is 4.51. The van der Waals surface area contributed by atoms with Gasteiger partial charge >= 0.3 is 0 Å². The summed E-state index contributed by atoms with van der Waals surface area (Å²) in [5.41, 5.74) is 5.71. The minimum absolute atomic E-state index is 0.0105. The predicted octanol–water partition coefficient (Wildman–Crippen LogP) is 5.53. The number of aromatic nitrogens is 3. The maximum atomic E-state index is 12.4. The van der Waals surface area contributed by atoms with Crippen LogP contribution in [0.1, 0.15) is 23.2 Å². The second-order valence-electron chi connectivity index (χ2n) is 8.14. The molecule has 0 radical (unpaired) electrons. The van der Waals surface area contributed by atoms with Gasteiger partial charge in [-0.05, 0) is 67.3 Å². The van der Waals surface area contributed by atoms with E-state index in [1.54, 1.807) is 4.68 Å². The van der Waals surface area contributed by atoms with Crippen molar-refractivity contribution in [1.29, 1.82) is 0 Å². The molecule has 2 aromatic heterocycles. The number of amides is 1. The Kier molecular flexibility index (Phi) is 5.96. The Bertz CT molecular complexity index is 1450. The minimum atomic E-state index is 0.0105. The van der Waals surface area contributed by atoms with Gasteiger partial charge in [0.15, 0.2) is 0 Å². The van der Waals surface area contributed by atoms with Crippen molar-refractivity contribution in [1.82, 2.24) is 20.3 Å². The largest absolute Gasteiger partial charge is 0.456 e. The van der Waals surface area contributed by atoms with Gasteiger partial charge in [-0.15, -0.1) is 5.10 Å². The molecule has 0 atom stereocenters. The molecule has 0 aliphatic carbocycles. The smallest absolute Gasteiger partial charge is 0.224 e. The average Bonchev–Trinajstić information content (AvgIpc) is 3.41. The second-order valence-corrected chi connectivity index (χ2v) is 9.06. The fraction of sp³-hybridized carbons (Fsp3) is 0.192. The molecule has 2 heterocycles. The zero-order valence-corrected chi connectivity index (χ0v) is 19.8. The third-order valence-electron chi connectivity index (χ3n) is 5.68. The van der Waals surface area contributed by atoms with Gasteiger partial charge in [-0.3, -0.25) is 4.79 Å². The minimum Gasteiger partial charge on any atom is -0.456 e. The molecule has 0 saturated carbocycles. The van der Waals surface area contributed by atoms with Crippen molar-refractivity contribution in [2.75, 3.05) is 6.54 Å². The highest BCUT2D eigenvalue weighted by atomic mass is 79.9. The van der Waals surface area contributed by atoms with Gasteiger partial charge < -0.3 is 9.73 Å². The van der Waals surface area contributed by atoms with Crippen LogP contribution in [0.5, 0.6) is 0 Å². The molecule has 0 fully saturated rings. The van der Waals surface area contributed by atoms with E-state index in [1.165, 1.54) is 0 Å². The Labute approximate surface area is 199 Å². The van der Waals surface area contributed by atoms with E-state index < -0.39 is 0 Å². The zero-order valence-electron chi connectivity index (χ0n) is 18.2. The van der Waals surface area contributed by atoms with Crippen molar-refractivity contribution >= 4 is 43.8 Å². The molecule has 33 heavy (non-hydrogen) atoms. The SMILES string of the molecule is Cc1cc(Br)ccc1-n1cc(CCCNC(=O)Cc2ccc3oc4ccccc4c3c2)nn1. The Morgan fingerprint density at radius 1 is 1.06 bits per heavy atom. The third-order valence-corrected chi connectivity index (χ3v) is 6.18. The number of aryl methyl sites for hydroxylation is 2. The third kappa shape index (κ3) is 4.68. The number of hydrogen-bond donors (Lipinski definition) is 1. The molecule has 166 valence electrons. The maximum absolute atomic E-state index is 12.4. The van der Waals surface area contributed by atoms with Gasteiger partial charge in [0.1, 0.15) is 11.2 Å². The standard InChI is InChI=1S/C26H23BrN4O2/c1-17-13-19(27)9-10-23(17)31-16-20(29-30-31)5-4-12-28-26(32)15-18-8-11-25-22(14-18)21-6-2-3-7-24(21)33-25/h2-3,6-11,13-14,16H,4-5,12,15H2,1H3,(H,28,32). The Morgan fingerprint density at radius 2 is 1.91 bits per heavy atom. The Balaban J connectivity index is 1.14. The van der Waals surface area contributed by atoms with Crippen LogP contribution in [0.4, 0.5) is 0 Å². The van der Waals surface area contributed by atoms with E-state index in [4.69, 9.17) is 4.42 Å². The van der Waals surface area contributed by atoms with E-state index >= 15 is 0 Å². The van der Waals surface area contributed by atoms with Crippen LogP contribution in [0.2, 0.25) is 0 Å².